The van der Waals surface area contributed by atoms with Crippen molar-refractivity contribution < 1.29 is 4.74 Å². The topological polar surface area (TPSA) is 34.1 Å². The summed E-state index contributed by atoms with van der Waals surface area (Å²) in [4.78, 5) is 4.01. The second-order valence-electron chi connectivity index (χ2n) is 3.95. The van der Waals surface area contributed by atoms with Gasteiger partial charge in [0, 0.05) is 31.6 Å². The number of ether oxygens (including phenoxy) is 1. The normalized spacial score (nSPS) is 17.9. The van der Waals surface area contributed by atoms with Crippen molar-refractivity contribution >= 4 is 0 Å². The number of rotatable bonds is 4. The summed E-state index contributed by atoms with van der Waals surface area (Å²) in [5.41, 5.74) is 1.35. The highest BCUT2D eigenvalue weighted by Gasteiger charge is 2.11. The minimum absolute atomic E-state index is 0.653. The average Bonchev–Trinajstić information content (AvgIpc) is 2.32. The van der Waals surface area contributed by atoms with Crippen LogP contribution in [0.15, 0.2) is 24.5 Å². The Kier molecular flexibility index (Phi) is 4.11. The fourth-order valence-corrected chi connectivity index (χ4v) is 1.87. The van der Waals surface area contributed by atoms with Crippen molar-refractivity contribution in [3.05, 3.63) is 30.1 Å². The van der Waals surface area contributed by atoms with Crippen LogP contribution in [0, 0.1) is 0 Å². The van der Waals surface area contributed by atoms with Crippen molar-refractivity contribution in [1.82, 2.24) is 10.3 Å². The van der Waals surface area contributed by atoms with Crippen LogP contribution in [-0.4, -0.2) is 30.8 Å². The highest BCUT2D eigenvalue weighted by Crippen LogP contribution is 2.06. The van der Waals surface area contributed by atoms with Crippen molar-refractivity contribution in [2.24, 2.45) is 0 Å². The summed E-state index contributed by atoms with van der Waals surface area (Å²) in [6, 6.07) is 4.80. The van der Waals surface area contributed by atoms with Crippen molar-refractivity contribution in [2.75, 3.05) is 19.8 Å². The quantitative estimate of drug-likeness (QED) is 0.808. The molecule has 0 aliphatic carbocycles. The Bertz CT molecular complexity index is 270. The molecule has 82 valence electrons. The van der Waals surface area contributed by atoms with Gasteiger partial charge in [0.1, 0.15) is 0 Å². The molecule has 1 fully saturated rings. The maximum atomic E-state index is 5.32. The molecule has 1 N–H and O–H groups in total. The van der Waals surface area contributed by atoms with Gasteiger partial charge >= 0.3 is 0 Å². The number of hydrogen-bond donors (Lipinski definition) is 1. The number of aromatic nitrogens is 1. The Morgan fingerprint density at radius 1 is 1.27 bits per heavy atom. The molecule has 1 aromatic heterocycles. The van der Waals surface area contributed by atoms with Crippen LogP contribution in [0.1, 0.15) is 18.4 Å². The van der Waals surface area contributed by atoms with E-state index in [1.165, 1.54) is 5.56 Å². The molecule has 0 amide bonds. The van der Waals surface area contributed by atoms with E-state index in [1.54, 1.807) is 0 Å². The second kappa shape index (κ2) is 5.83. The Morgan fingerprint density at radius 3 is 2.73 bits per heavy atom. The van der Waals surface area contributed by atoms with Crippen LogP contribution in [-0.2, 0) is 11.2 Å². The molecule has 2 rings (SSSR count). The van der Waals surface area contributed by atoms with E-state index in [9.17, 15) is 0 Å². The Morgan fingerprint density at radius 2 is 2.00 bits per heavy atom. The van der Waals surface area contributed by atoms with Gasteiger partial charge in [0.05, 0.1) is 0 Å². The Labute approximate surface area is 90.9 Å². The first kappa shape index (κ1) is 10.6. The molecule has 15 heavy (non-hydrogen) atoms. The van der Waals surface area contributed by atoms with Crippen LogP contribution in [0.5, 0.6) is 0 Å². The zero-order valence-corrected chi connectivity index (χ0v) is 8.98. The van der Waals surface area contributed by atoms with Crippen LogP contribution in [0.2, 0.25) is 0 Å². The van der Waals surface area contributed by atoms with Crippen LogP contribution < -0.4 is 5.32 Å². The lowest BCUT2D eigenvalue weighted by atomic mass is 10.1. The van der Waals surface area contributed by atoms with Gasteiger partial charge in [-0.1, -0.05) is 0 Å². The maximum Gasteiger partial charge on any atom is 0.0480 e. The predicted molar refractivity (Wildman–Crippen MR) is 59.8 cm³/mol. The van der Waals surface area contributed by atoms with Gasteiger partial charge in [-0.15, -0.1) is 0 Å². The highest BCUT2D eigenvalue weighted by molar-refractivity contribution is 5.09. The number of pyridine rings is 1. The van der Waals surface area contributed by atoms with Crippen LogP contribution >= 0.6 is 0 Å². The lowest BCUT2D eigenvalue weighted by Crippen LogP contribution is -2.35. The number of nitrogens with zero attached hydrogens (tertiary/aromatic N) is 1. The second-order valence-corrected chi connectivity index (χ2v) is 3.95. The van der Waals surface area contributed by atoms with Crippen molar-refractivity contribution in [3.63, 3.8) is 0 Å². The van der Waals surface area contributed by atoms with Crippen molar-refractivity contribution in [1.29, 1.82) is 0 Å². The first-order valence-corrected chi connectivity index (χ1v) is 5.65. The summed E-state index contributed by atoms with van der Waals surface area (Å²) < 4.78 is 5.32. The molecule has 0 atom stereocenters. The molecular weight excluding hydrogens is 188 g/mol. The van der Waals surface area contributed by atoms with Crippen molar-refractivity contribution in [2.45, 2.75) is 25.3 Å². The van der Waals surface area contributed by atoms with Crippen LogP contribution in [0.4, 0.5) is 0 Å². The first-order chi connectivity index (χ1) is 7.45. The molecule has 1 aliphatic heterocycles. The molecule has 0 aromatic carbocycles. The van der Waals surface area contributed by atoms with Gasteiger partial charge < -0.3 is 10.1 Å². The summed E-state index contributed by atoms with van der Waals surface area (Å²) in [5.74, 6) is 0. The van der Waals surface area contributed by atoms with E-state index in [4.69, 9.17) is 4.74 Å². The zero-order valence-electron chi connectivity index (χ0n) is 8.98. The van der Waals surface area contributed by atoms with Crippen LogP contribution in [0.25, 0.3) is 0 Å². The minimum atomic E-state index is 0.653. The smallest absolute Gasteiger partial charge is 0.0480 e. The van der Waals surface area contributed by atoms with E-state index in [2.05, 4.69) is 22.4 Å². The lowest BCUT2D eigenvalue weighted by molar-refractivity contribution is 0.0782. The number of hydrogen-bond acceptors (Lipinski definition) is 3. The third-order valence-electron chi connectivity index (χ3n) is 2.82. The molecule has 0 saturated carbocycles. The van der Waals surface area contributed by atoms with Gasteiger partial charge in [0.25, 0.3) is 0 Å². The third-order valence-corrected chi connectivity index (χ3v) is 2.82. The molecule has 0 spiro atoms. The van der Waals surface area contributed by atoms with Gasteiger partial charge in [-0.3, -0.25) is 4.98 Å². The van der Waals surface area contributed by atoms with Gasteiger partial charge in [0.2, 0.25) is 0 Å². The molecule has 1 aromatic rings. The summed E-state index contributed by atoms with van der Waals surface area (Å²) in [5, 5.41) is 3.57. The molecule has 1 aliphatic rings. The number of nitrogens with one attached hydrogen (secondary N) is 1. The highest BCUT2D eigenvalue weighted by atomic mass is 16.5. The molecule has 0 unspecified atom stereocenters. The van der Waals surface area contributed by atoms with E-state index >= 15 is 0 Å². The standard InChI is InChI=1S/C12H18N2O/c1-6-13-7-2-11(1)3-8-14-12-4-9-15-10-5-12/h1-2,6-7,12,14H,3-5,8-10H2. The van der Waals surface area contributed by atoms with Gasteiger partial charge in [-0.05, 0) is 43.5 Å². The Balaban J connectivity index is 1.66. The lowest BCUT2D eigenvalue weighted by Gasteiger charge is -2.23. The molecule has 1 saturated heterocycles. The summed E-state index contributed by atoms with van der Waals surface area (Å²) >= 11 is 0. The van der Waals surface area contributed by atoms with Gasteiger partial charge in [-0.25, -0.2) is 0 Å². The third kappa shape index (κ3) is 3.61. The molecule has 3 heteroatoms. The minimum Gasteiger partial charge on any atom is -0.381 e. The molecule has 0 radical (unpaired) electrons. The summed E-state index contributed by atoms with van der Waals surface area (Å²) in [6.45, 7) is 2.87. The molecule has 0 bridgehead atoms. The first-order valence-electron chi connectivity index (χ1n) is 5.65. The average molecular weight is 206 g/mol. The zero-order chi connectivity index (χ0) is 10.3. The summed E-state index contributed by atoms with van der Waals surface area (Å²) in [7, 11) is 0. The molecule has 3 nitrogen and oxygen atoms in total. The van der Waals surface area contributed by atoms with E-state index in [0.717, 1.165) is 39.0 Å². The largest absolute Gasteiger partial charge is 0.381 e. The monoisotopic (exact) mass is 206 g/mol. The van der Waals surface area contributed by atoms with E-state index in [1.807, 2.05) is 12.4 Å². The van der Waals surface area contributed by atoms with E-state index in [0.29, 0.717) is 6.04 Å². The Hall–Kier alpha value is -0.930. The van der Waals surface area contributed by atoms with E-state index < -0.39 is 0 Å². The van der Waals surface area contributed by atoms with Gasteiger partial charge in [-0.2, -0.15) is 0 Å². The fourth-order valence-electron chi connectivity index (χ4n) is 1.87. The fraction of sp³-hybridized carbons (Fsp3) is 0.583. The van der Waals surface area contributed by atoms with Crippen LogP contribution in [0.3, 0.4) is 0 Å². The van der Waals surface area contributed by atoms with Gasteiger partial charge in [0.15, 0.2) is 0 Å². The van der Waals surface area contributed by atoms with Crippen molar-refractivity contribution in [3.8, 4) is 0 Å². The predicted octanol–water partition coefficient (Wildman–Crippen LogP) is 1.39. The summed E-state index contributed by atoms with van der Waals surface area (Å²) in [6.07, 6.45) is 7.08. The SMILES string of the molecule is c1cc(CCNC2CCOCC2)ccn1. The molecule has 2 heterocycles. The maximum absolute atomic E-state index is 5.32. The molecular formula is C12H18N2O. The van der Waals surface area contributed by atoms with E-state index in [-0.39, 0.29) is 0 Å².